The van der Waals surface area contributed by atoms with Crippen molar-refractivity contribution in [2.24, 2.45) is 0 Å². The van der Waals surface area contributed by atoms with E-state index in [1.54, 1.807) is 25.3 Å². The largest absolute Gasteiger partial charge is 0.497 e. The van der Waals surface area contributed by atoms with Gasteiger partial charge in [0.25, 0.3) is 5.22 Å². The molecule has 1 aromatic heterocycles. The molecule has 3 aromatic rings. The Morgan fingerprint density at radius 1 is 1.08 bits per heavy atom. The van der Waals surface area contributed by atoms with E-state index in [0.717, 1.165) is 11.1 Å². The Balaban J connectivity index is 1.68. The minimum absolute atomic E-state index is 0.0930. The van der Waals surface area contributed by atoms with Gasteiger partial charge in [-0.05, 0) is 31.2 Å². The van der Waals surface area contributed by atoms with Crippen molar-refractivity contribution in [2.45, 2.75) is 12.1 Å². The van der Waals surface area contributed by atoms with Crippen molar-refractivity contribution in [1.29, 1.82) is 0 Å². The number of benzene rings is 2. The van der Waals surface area contributed by atoms with Gasteiger partial charge >= 0.3 is 0 Å². The molecule has 0 spiro atoms. The lowest BCUT2D eigenvalue weighted by Gasteiger charge is -2.08. The number of Topliss-reactive ketones (excluding diaryl/α,β-unsaturated/α-hetero) is 1. The van der Waals surface area contributed by atoms with Crippen molar-refractivity contribution in [1.82, 2.24) is 10.2 Å². The maximum absolute atomic E-state index is 12.5. The molecule has 1 heterocycles. The summed E-state index contributed by atoms with van der Waals surface area (Å²) in [5.41, 5.74) is 2.49. The van der Waals surface area contributed by atoms with Crippen LogP contribution in [0.3, 0.4) is 0 Å². The van der Waals surface area contributed by atoms with Crippen molar-refractivity contribution in [3.63, 3.8) is 0 Å². The number of aromatic nitrogens is 2. The number of rotatable bonds is 7. The van der Waals surface area contributed by atoms with E-state index in [0.29, 0.717) is 28.2 Å². The molecule has 2 aromatic carbocycles. The van der Waals surface area contributed by atoms with E-state index in [9.17, 15) is 4.79 Å². The smallest absolute Gasteiger partial charge is 0.277 e. The monoisotopic (exact) mass is 370 g/mol. The van der Waals surface area contributed by atoms with Gasteiger partial charge in [-0.25, -0.2) is 0 Å². The first-order chi connectivity index (χ1) is 12.6. The Bertz CT molecular complexity index is 906. The number of thioether (sulfide) groups is 1. The van der Waals surface area contributed by atoms with Crippen molar-refractivity contribution >= 4 is 17.5 Å². The molecule has 0 unspecified atom stereocenters. The maximum Gasteiger partial charge on any atom is 0.277 e. The first kappa shape index (κ1) is 18.0. The zero-order valence-corrected chi connectivity index (χ0v) is 15.5. The van der Waals surface area contributed by atoms with Crippen LogP contribution in [0, 0.1) is 6.92 Å². The lowest BCUT2D eigenvalue weighted by Crippen LogP contribution is -2.05. The van der Waals surface area contributed by atoms with Crippen LogP contribution in [-0.2, 0) is 0 Å². The van der Waals surface area contributed by atoms with E-state index in [4.69, 9.17) is 13.9 Å². The molecular formula is C19H18N2O4S. The summed E-state index contributed by atoms with van der Waals surface area (Å²) in [4.78, 5) is 12.5. The van der Waals surface area contributed by atoms with E-state index < -0.39 is 0 Å². The van der Waals surface area contributed by atoms with Crippen LogP contribution >= 0.6 is 11.8 Å². The van der Waals surface area contributed by atoms with E-state index in [1.165, 1.54) is 18.9 Å². The third kappa shape index (κ3) is 4.05. The molecule has 0 aliphatic heterocycles. The number of carbonyl (C=O) groups excluding carboxylic acids is 1. The molecule has 0 N–H and O–H groups in total. The summed E-state index contributed by atoms with van der Waals surface area (Å²) in [6.07, 6.45) is 0. The van der Waals surface area contributed by atoms with Gasteiger partial charge in [0, 0.05) is 11.6 Å². The molecule has 0 atom stereocenters. The average molecular weight is 370 g/mol. The van der Waals surface area contributed by atoms with Crippen molar-refractivity contribution < 1.29 is 18.7 Å². The minimum atomic E-state index is -0.0930. The van der Waals surface area contributed by atoms with Gasteiger partial charge in [0.2, 0.25) is 5.89 Å². The van der Waals surface area contributed by atoms with Crippen molar-refractivity contribution in [3.8, 4) is 23.0 Å². The molecule has 0 amide bonds. The summed E-state index contributed by atoms with van der Waals surface area (Å²) in [6, 6.07) is 12.9. The normalized spacial score (nSPS) is 10.6. The second-order valence-electron chi connectivity index (χ2n) is 5.52. The van der Waals surface area contributed by atoms with Gasteiger partial charge in [0.05, 0.1) is 25.5 Å². The van der Waals surface area contributed by atoms with Gasteiger partial charge in [-0.3, -0.25) is 4.79 Å². The quantitative estimate of drug-likeness (QED) is 0.459. The predicted octanol–water partition coefficient (Wildman–Crippen LogP) is 4.04. The molecule has 6 nitrogen and oxygen atoms in total. The summed E-state index contributed by atoms with van der Waals surface area (Å²) in [5.74, 6) is 1.61. The highest BCUT2D eigenvalue weighted by Crippen LogP contribution is 2.28. The average Bonchev–Trinajstić information content (AvgIpc) is 3.15. The summed E-state index contributed by atoms with van der Waals surface area (Å²) in [6.45, 7) is 2.01. The molecule has 3 rings (SSSR count). The first-order valence-electron chi connectivity index (χ1n) is 7.89. The molecule has 0 fully saturated rings. The maximum atomic E-state index is 12.5. The second-order valence-corrected chi connectivity index (χ2v) is 6.44. The van der Waals surface area contributed by atoms with E-state index in [1.807, 2.05) is 31.2 Å². The number of nitrogens with zero attached hydrogens (tertiary/aromatic N) is 2. The van der Waals surface area contributed by atoms with Gasteiger partial charge in [0.15, 0.2) is 5.78 Å². The van der Waals surface area contributed by atoms with E-state index in [2.05, 4.69) is 10.2 Å². The SMILES string of the molecule is COc1ccc(C(=O)CSc2nnc(-c3ccc(C)cc3)o2)c(OC)c1. The van der Waals surface area contributed by atoms with Crippen LogP contribution in [0.2, 0.25) is 0 Å². The zero-order chi connectivity index (χ0) is 18.5. The van der Waals surface area contributed by atoms with Gasteiger partial charge in [0.1, 0.15) is 11.5 Å². The Kier molecular flexibility index (Phi) is 5.58. The summed E-state index contributed by atoms with van der Waals surface area (Å²) in [7, 11) is 3.08. The van der Waals surface area contributed by atoms with Gasteiger partial charge in [-0.2, -0.15) is 0 Å². The van der Waals surface area contributed by atoms with E-state index >= 15 is 0 Å². The zero-order valence-electron chi connectivity index (χ0n) is 14.7. The molecule has 0 bridgehead atoms. The first-order valence-corrected chi connectivity index (χ1v) is 8.88. The Hall–Kier alpha value is -2.80. The number of methoxy groups -OCH3 is 2. The molecule has 0 aliphatic carbocycles. The van der Waals surface area contributed by atoms with Gasteiger partial charge in [-0.1, -0.05) is 29.5 Å². The molecule has 7 heteroatoms. The van der Waals surface area contributed by atoms with Crippen LogP contribution in [0.25, 0.3) is 11.5 Å². The Morgan fingerprint density at radius 3 is 2.54 bits per heavy atom. The third-order valence-corrected chi connectivity index (χ3v) is 4.56. The molecule has 0 aliphatic rings. The molecular weight excluding hydrogens is 352 g/mol. The van der Waals surface area contributed by atoms with Crippen LogP contribution in [-0.4, -0.2) is 36.0 Å². The number of hydrogen-bond donors (Lipinski definition) is 0. The highest BCUT2D eigenvalue weighted by Gasteiger charge is 2.16. The number of ether oxygens (including phenoxy) is 2. The lowest BCUT2D eigenvalue weighted by atomic mass is 10.1. The van der Waals surface area contributed by atoms with Crippen LogP contribution in [0.4, 0.5) is 0 Å². The van der Waals surface area contributed by atoms with Crippen molar-refractivity contribution in [2.75, 3.05) is 20.0 Å². The fourth-order valence-corrected chi connectivity index (χ4v) is 2.96. The molecule has 0 radical (unpaired) electrons. The highest BCUT2D eigenvalue weighted by molar-refractivity contribution is 7.99. The second kappa shape index (κ2) is 8.05. The van der Waals surface area contributed by atoms with Crippen LogP contribution in [0.15, 0.2) is 52.1 Å². The van der Waals surface area contributed by atoms with Crippen LogP contribution in [0.5, 0.6) is 11.5 Å². The minimum Gasteiger partial charge on any atom is -0.497 e. The topological polar surface area (TPSA) is 74.5 Å². The Labute approximate surface area is 155 Å². The molecule has 0 saturated carbocycles. The fourth-order valence-electron chi connectivity index (χ4n) is 2.31. The van der Waals surface area contributed by atoms with Gasteiger partial charge < -0.3 is 13.9 Å². The van der Waals surface area contributed by atoms with E-state index in [-0.39, 0.29) is 11.5 Å². The molecule has 26 heavy (non-hydrogen) atoms. The molecule has 134 valence electrons. The standard InChI is InChI=1S/C19H18N2O4S/c1-12-4-6-13(7-5-12)18-20-21-19(25-18)26-11-16(22)15-9-8-14(23-2)10-17(15)24-3/h4-10H,11H2,1-3H3. The number of ketones is 1. The highest BCUT2D eigenvalue weighted by atomic mass is 32.2. The lowest BCUT2D eigenvalue weighted by molar-refractivity contribution is 0.101. The van der Waals surface area contributed by atoms with Gasteiger partial charge in [-0.15, -0.1) is 10.2 Å². The fraction of sp³-hybridized carbons (Fsp3) is 0.211. The Morgan fingerprint density at radius 2 is 1.85 bits per heavy atom. The van der Waals surface area contributed by atoms with Crippen LogP contribution < -0.4 is 9.47 Å². The molecule has 0 saturated heterocycles. The number of hydrogen-bond acceptors (Lipinski definition) is 7. The summed E-state index contributed by atoms with van der Waals surface area (Å²) in [5, 5.41) is 8.38. The predicted molar refractivity (Wildman–Crippen MR) is 99.1 cm³/mol. The van der Waals surface area contributed by atoms with Crippen molar-refractivity contribution in [3.05, 3.63) is 53.6 Å². The number of aryl methyl sites for hydroxylation is 1. The number of carbonyl (C=O) groups is 1. The summed E-state index contributed by atoms with van der Waals surface area (Å²) < 4.78 is 16.0. The summed E-state index contributed by atoms with van der Waals surface area (Å²) >= 11 is 1.19. The van der Waals surface area contributed by atoms with Crippen LogP contribution in [0.1, 0.15) is 15.9 Å². The third-order valence-electron chi connectivity index (χ3n) is 3.74.